The number of benzene rings is 2. The number of nitrogens with zero attached hydrogens (tertiary/aromatic N) is 2. The van der Waals surface area contributed by atoms with Crippen LogP contribution in [0, 0.1) is 0 Å². The maximum absolute atomic E-state index is 12.1. The van der Waals surface area contributed by atoms with Crippen molar-refractivity contribution >= 4 is 16.7 Å². The Morgan fingerprint density at radius 3 is 2.61 bits per heavy atom. The van der Waals surface area contributed by atoms with Crippen molar-refractivity contribution in [2.45, 2.75) is 0 Å². The van der Waals surface area contributed by atoms with E-state index in [1.165, 1.54) is 0 Å². The monoisotopic (exact) mass is 241 g/mol. The van der Waals surface area contributed by atoms with Gasteiger partial charge in [-0.1, -0.05) is 42.5 Å². The first-order chi connectivity index (χ1) is 8.68. The van der Waals surface area contributed by atoms with E-state index in [0.717, 1.165) is 17.3 Å². The molecule has 0 aliphatic carbocycles. The van der Waals surface area contributed by atoms with Gasteiger partial charge in [-0.15, -0.1) is 0 Å². The molecule has 0 saturated heterocycles. The van der Waals surface area contributed by atoms with Crippen LogP contribution < -0.4 is 5.11 Å². The third-order valence-electron chi connectivity index (χ3n) is 2.82. The summed E-state index contributed by atoms with van der Waals surface area (Å²) in [6.45, 7) is 1.32. The molecule has 3 nitrogen and oxygen atoms in total. The topological polar surface area (TPSA) is 38.7 Å². The van der Waals surface area contributed by atoms with Gasteiger partial charge in [-0.05, 0) is 36.3 Å². The summed E-state index contributed by atoms with van der Waals surface area (Å²) in [6.07, 6.45) is 0. The van der Waals surface area contributed by atoms with Crippen LogP contribution in [0.2, 0.25) is 0 Å². The lowest BCUT2D eigenvalue weighted by molar-refractivity contribution is -0.213. The lowest BCUT2D eigenvalue weighted by Crippen LogP contribution is -2.22. The highest BCUT2D eigenvalue weighted by molar-refractivity contribution is 6.04. The van der Waals surface area contributed by atoms with Crippen LogP contribution in [-0.2, 0) is 0 Å². The van der Waals surface area contributed by atoms with Crippen molar-refractivity contribution in [2.75, 3.05) is 27.2 Å². The molecule has 2 aromatic carbocycles. The van der Waals surface area contributed by atoms with Gasteiger partial charge < -0.3 is 10.0 Å². The van der Waals surface area contributed by atoms with Gasteiger partial charge >= 0.3 is 0 Å². The zero-order chi connectivity index (χ0) is 13.0. The molecule has 0 aliphatic rings. The fourth-order valence-electron chi connectivity index (χ4n) is 1.85. The smallest absolute Gasteiger partial charge is 0.0509 e. The normalized spacial score (nSPS) is 12.3. The van der Waals surface area contributed by atoms with Crippen molar-refractivity contribution in [3.63, 3.8) is 0 Å². The van der Waals surface area contributed by atoms with Crippen molar-refractivity contribution in [3.05, 3.63) is 48.0 Å². The molecule has 0 radical (unpaired) electrons. The van der Waals surface area contributed by atoms with Crippen molar-refractivity contribution in [1.29, 1.82) is 0 Å². The standard InChI is InChI=1S/C15H18N2O/c1-17(2)11-10-16-15(18)14-9-5-7-12-6-3-4-8-13(12)14/h3-9H,10-11H2,1-2H3,(H,16,18)/p-1. The maximum Gasteiger partial charge on any atom is 0.0509 e. The van der Waals surface area contributed by atoms with Gasteiger partial charge in [0.15, 0.2) is 0 Å². The maximum atomic E-state index is 12.1. The average molecular weight is 241 g/mol. The number of hydrogen-bond acceptors (Lipinski definition) is 3. The Kier molecular flexibility index (Phi) is 3.95. The van der Waals surface area contributed by atoms with E-state index in [-0.39, 0.29) is 5.90 Å². The summed E-state index contributed by atoms with van der Waals surface area (Å²) in [5, 5.41) is 14.1. The van der Waals surface area contributed by atoms with Crippen LogP contribution in [0.25, 0.3) is 10.8 Å². The Balaban J connectivity index is 2.30. The second-order valence-electron chi connectivity index (χ2n) is 4.52. The van der Waals surface area contributed by atoms with Gasteiger partial charge in [0.1, 0.15) is 0 Å². The summed E-state index contributed by atoms with van der Waals surface area (Å²) in [7, 11) is 3.94. The second-order valence-corrected chi connectivity index (χ2v) is 4.52. The number of rotatable bonds is 4. The minimum Gasteiger partial charge on any atom is -0.858 e. The summed E-state index contributed by atoms with van der Waals surface area (Å²) >= 11 is 0. The summed E-state index contributed by atoms with van der Waals surface area (Å²) in [6, 6.07) is 13.6. The molecule has 18 heavy (non-hydrogen) atoms. The quantitative estimate of drug-likeness (QED) is 0.601. The van der Waals surface area contributed by atoms with Crippen molar-refractivity contribution < 1.29 is 5.11 Å². The molecule has 0 heterocycles. The molecular weight excluding hydrogens is 224 g/mol. The van der Waals surface area contributed by atoms with Crippen LogP contribution in [-0.4, -0.2) is 38.0 Å². The van der Waals surface area contributed by atoms with E-state index in [2.05, 4.69) is 4.99 Å². The fourth-order valence-corrected chi connectivity index (χ4v) is 1.85. The molecule has 2 rings (SSSR count). The van der Waals surface area contributed by atoms with Gasteiger partial charge in [-0.2, -0.15) is 0 Å². The Bertz CT molecular complexity index is 556. The van der Waals surface area contributed by atoms with E-state index in [1.807, 2.05) is 61.5 Å². The predicted molar refractivity (Wildman–Crippen MR) is 73.9 cm³/mol. The molecule has 0 bridgehead atoms. The van der Waals surface area contributed by atoms with Crippen LogP contribution in [0.4, 0.5) is 0 Å². The minimum absolute atomic E-state index is 0.131. The molecular formula is C15H17N2O-. The van der Waals surface area contributed by atoms with E-state index in [9.17, 15) is 5.11 Å². The van der Waals surface area contributed by atoms with Crippen LogP contribution in [0.15, 0.2) is 47.5 Å². The molecule has 94 valence electrons. The van der Waals surface area contributed by atoms with Crippen molar-refractivity contribution in [1.82, 2.24) is 4.90 Å². The first-order valence-electron chi connectivity index (χ1n) is 6.03. The predicted octanol–water partition coefficient (Wildman–Crippen LogP) is 1.51. The van der Waals surface area contributed by atoms with Gasteiger partial charge in [-0.3, -0.25) is 4.99 Å². The van der Waals surface area contributed by atoms with E-state index < -0.39 is 0 Å². The number of likely N-dealkylation sites (N-methyl/N-ethyl adjacent to an activating group) is 1. The average Bonchev–Trinajstić information content (AvgIpc) is 2.37. The zero-order valence-corrected chi connectivity index (χ0v) is 10.8. The molecule has 0 unspecified atom stereocenters. The van der Waals surface area contributed by atoms with Crippen LogP contribution in [0.3, 0.4) is 0 Å². The molecule has 0 fully saturated rings. The van der Waals surface area contributed by atoms with Crippen molar-refractivity contribution in [2.24, 2.45) is 4.99 Å². The van der Waals surface area contributed by atoms with E-state index >= 15 is 0 Å². The van der Waals surface area contributed by atoms with Gasteiger partial charge in [0.2, 0.25) is 0 Å². The van der Waals surface area contributed by atoms with Gasteiger partial charge in [0.25, 0.3) is 0 Å². The highest BCUT2D eigenvalue weighted by Crippen LogP contribution is 2.17. The molecule has 0 saturated carbocycles. The first kappa shape index (κ1) is 12.6. The van der Waals surface area contributed by atoms with E-state index in [4.69, 9.17) is 0 Å². The van der Waals surface area contributed by atoms with Gasteiger partial charge in [0.05, 0.1) is 6.54 Å². The summed E-state index contributed by atoms with van der Waals surface area (Å²) in [5.41, 5.74) is 0.687. The molecule has 2 aromatic rings. The SMILES string of the molecule is CN(C)CCN=C([O-])c1cccc2ccccc12. The molecule has 0 N–H and O–H groups in total. The fraction of sp³-hybridized carbons (Fsp3) is 0.267. The van der Waals surface area contributed by atoms with Gasteiger partial charge in [0, 0.05) is 6.54 Å². The third-order valence-corrected chi connectivity index (χ3v) is 2.82. The summed E-state index contributed by atoms with van der Waals surface area (Å²) < 4.78 is 0. The van der Waals surface area contributed by atoms with Gasteiger partial charge in [-0.25, -0.2) is 0 Å². The zero-order valence-electron chi connectivity index (χ0n) is 10.8. The summed E-state index contributed by atoms with van der Waals surface area (Å²) in [5.74, 6) is -0.131. The molecule has 0 spiro atoms. The third kappa shape index (κ3) is 2.87. The highest BCUT2D eigenvalue weighted by atomic mass is 16.3. The van der Waals surface area contributed by atoms with Crippen LogP contribution in [0.5, 0.6) is 0 Å². The Labute approximate surface area is 107 Å². The highest BCUT2D eigenvalue weighted by Gasteiger charge is 1.99. The lowest BCUT2D eigenvalue weighted by atomic mass is 10.0. The van der Waals surface area contributed by atoms with Crippen molar-refractivity contribution in [3.8, 4) is 0 Å². The Hall–Kier alpha value is -1.87. The molecule has 0 atom stereocenters. The Morgan fingerprint density at radius 2 is 1.83 bits per heavy atom. The number of hydrogen-bond donors (Lipinski definition) is 0. The van der Waals surface area contributed by atoms with E-state index in [0.29, 0.717) is 12.1 Å². The largest absolute Gasteiger partial charge is 0.858 e. The minimum atomic E-state index is -0.131. The molecule has 0 amide bonds. The van der Waals surface area contributed by atoms with E-state index in [1.54, 1.807) is 0 Å². The number of aliphatic imine (C=N–C) groups is 1. The lowest BCUT2D eigenvalue weighted by Gasteiger charge is -2.15. The molecule has 0 aromatic heterocycles. The molecule has 0 aliphatic heterocycles. The van der Waals surface area contributed by atoms with Crippen LogP contribution >= 0.6 is 0 Å². The molecule has 3 heteroatoms. The Morgan fingerprint density at radius 1 is 1.11 bits per heavy atom. The first-order valence-corrected chi connectivity index (χ1v) is 6.03. The summed E-state index contributed by atoms with van der Waals surface area (Å²) in [4.78, 5) is 6.12. The number of fused-ring (bicyclic) bond motifs is 1. The van der Waals surface area contributed by atoms with Crippen LogP contribution in [0.1, 0.15) is 5.56 Å². The second kappa shape index (κ2) is 5.65.